The van der Waals surface area contributed by atoms with E-state index in [0.717, 1.165) is 17.1 Å². The third-order valence-electron chi connectivity index (χ3n) is 1.59. The molecule has 1 aromatic rings. The third kappa shape index (κ3) is 3.89. The second kappa shape index (κ2) is 5.46. The van der Waals surface area contributed by atoms with Gasteiger partial charge in [0.15, 0.2) is 0 Å². The molecule has 0 bridgehead atoms. The normalized spacial score (nSPS) is 11.8. The Morgan fingerprint density at radius 3 is 2.53 bits per heavy atom. The van der Waals surface area contributed by atoms with E-state index in [1.165, 1.54) is 17.8 Å². The minimum absolute atomic E-state index is 0.259. The van der Waals surface area contributed by atoms with Gasteiger partial charge in [-0.1, -0.05) is 27.5 Å². The Bertz CT molecular complexity index is 341. The average molecular weight is 320 g/mol. The van der Waals surface area contributed by atoms with Crippen LogP contribution in [0.15, 0.2) is 23.1 Å². The Kier molecular flexibility index (Phi) is 4.80. The first-order valence-corrected chi connectivity index (χ1v) is 6.49. The molecule has 0 nitrogen and oxygen atoms in total. The predicted octanol–water partition coefficient (Wildman–Crippen LogP) is 4.85. The molecule has 0 saturated heterocycles. The van der Waals surface area contributed by atoms with Crippen LogP contribution in [0.4, 0.5) is 13.2 Å². The van der Waals surface area contributed by atoms with Crippen LogP contribution in [0.1, 0.15) is 5.56 Å². The summed E-state index contributed by atoms with van der Waals surface area (Å²) in [4.78, 5) is 0.575. The zero-order valence-electron chi connectivity index (χ0n) is 7.44. The van der Waals surface area contributed by atoms with E-state index in [1.807, 2.05) is 0 Å². The third-order valence-corrected chi connectivity index (χ3v) is 3.84. The van der Waals surface area contributed by atoms with Crippen LogP contribution in [-0.2, 0) is 6.18 Å². The van der Waals surface area contributed by atoms with E-state index >= 15 is 0 Å². The zero-order valence-corrected chi connectivity index (χ0v) is 10.6. The summed E-state index contributed by atoms with van der Waals surface area (Å²) in [7, 11) is 0. The quantitative estimate of drug-likeness (QED) is 0.567. The van der Waals surface area contributed by atoms with Gasteiger partial charge in [0.05, 0.1) is 10.6 Å². The minimum Gasteiger partial charge on any atom is -0.166 e. The van der Waals surface area contributed by atoms with Gasteiger partial charge in [-0.2, -0.15) is 13.2 Å². The van der Waals surface area contributed by atoms with Crippen molar-refractivity contribution in [3.8, 4) is 0 Å². The highest BCUT2D eigenvalue weighted by atomic mass is 79.9. The highest BCUT2D eigenvalue weighted by molar-refractivity contribution is 9.09. The topological polar surface area (TPSA) is 0 Å². The molecule has 0 atom stereocenters. The molecule has 0 fully saturated rings. The summed E-state index contributed by atoms with van der Waals surface area (Å²) >= 11 is 10.0. The molecule has 0 radical (unpaired) electrons. The van der Waals surface area contributed by atoms with Crippen LogP contribution >= 0.6 is 39.3 Å². The van der Waals surface area contributed by atoms with E-state index in [1.54, 1.807) is 6.07 Å². The highest BCUT2D eigenvalue weighted by Gasteiger charge is 2.33. The van der Waals surface area contributed by atoms with Crippen molar-refractivity contribution in [1.82, 2.24) is 0 Å². The SMILES string of the molecule is FC(F)(F)c1cc(SCCBr)ccc1Cl. The Balaban J connectivity index is 2.95. The summed E-state index contributed by atoms with van der Waals surface area (Å²) in [6.45, 7) is 0. The van der Waals surface area contributed by atoms with Crippen molar-refractivity contribution in [1.29, 1.82) is 0 Å². The van der Waals surface area contributed by atoms with Gasteiger partial charge in [-0.15, -0.1) is 11.8 Å². The standard InChI is InChI=1S/C9H7BrClF3S/c10-3-4-15-6-1-2-8(11)7(5-6)9(12,13)14/h1-2,5H,3-4H2. The Morgan fingerprint density at radius 2 is 2.00 bits per heavy atom. The van der Waals surface area contributed by atoms with Crippen molar-refractivity contribution >= 4 is 39.3 Å². The summed E-state index contributed by atoms with van der Waals surface area (Å²) in [6, 6.07) is 3.95. The van der Waals surface area contributed by atoms with E-state index < -0.39 is 11.7 Å². The van der Waals surface area contributed by atoms with E-state index in [-0.39, 0.29) is 5.02 Å². The fraction of sp³-hybridized carbons (Fsp3) is 0.333. The zero-order chi connectivity index (χ0) is 11.5. The predicted molar refractivity (Wildman–Crippen MR) is 61.0 cm³/mol. The van der Waals surface area contributed by atoms with Crippen LogP contribution < -0.4 is 0 Å². The Morgan fingerprint density at radius 1 is 1.33 bits per heavy atom. The molecule has 0 aliphatic carbocycles. The number of halogens is 5. The largest absolute Gasteiger partial charge is 0.417 e. The van der Waals surface area contributed by atoms with Gasteiger partial charge in [0.2, 0.25) is 0 Å². The van der Waals surface area contributed by atoms with E-state index in [2.05, 4.69) is 15.9 Å². The lowest BCUT2D eigenvalue weighted by Crippen LogP contribution is -2.05. The smallest absolute Gasteiger partial charge is 0.166 e. The van der Waals surface area contributed by atoms with Gasteiger partial charge >= 0.3 is 6.18 Å². The molecule has 0 amide bonds. The monoisotopic (exact) mass is 318 g/mol. The molecule has 84 valence electrons. The van der Waals surface area contributed by atoms with Gasteiger partial charge in [0.1, 0.15) is 0 Å². The molecule has 0 unspecified atom stereocenters. The molecule has 0 N–H and O–H groups in total. The van der Waals surface area contributed by atoms with Crippen LogP contribution in [0.2, 0.25) is 5.02 Å². The van der Waals surface area contributed by atoms with Crippen molar-refractivity contribution in [2.75, 3.05) is 11.1 Å². The second-order valence-electron chi connectivity index (χ2n) is 2.68. The number of hydrogen-bond acceptors (Lipinski definition) is 1. The molecule has 0 aliphatic rings. The number of alkyl halides is 4. The van der Waals surface area contributed by atoms with Crippen molar-refractivity contribution < 1.29 is 13.2 Å². The molecular weight excluding hydrogens is 313 g/mol. The number of rotatable bonds is 3. The maximum atomic E-state index is 12.4. The van der Waals surface area contributed by atoms with E-state index in [9.17, 15) is 13.2 Å². The Hall–Kier alpha value is 0.130. The van der Waals surface area contributed by atoms with Crippen LogP contribution in [0, 0.1) is 0 Å². The van der Waals surface area contributed by atoms with Gasteiger partial charge in [0.25, 0.3) is 0 Å². The fourth-order valence-electron chi connectivity index (χ4n) is 0.968. The minimum atomic E-state index is -4.39. The first kappa shape index (κ1) is 13.2. The van der Waals surface area contributed by atoms with Crippen molar-refractivity contribution in [2.24, 2.45) is 0 Å². The van der Waals surface area contributed by atoms with Crippen molar-refractivity contribution in [3.63, 3.8) is 0 Å². The van der Waals surface area contributed by atoms with Crippen LogP contribution in [0.5, 0.6) is 0 Å². The average Bonchev–Trinajstić information content (AvgIpc) is 2.15. The summed E-state index contributed by atoms with van der Waals surface area (Å²) < 4.78 is 37.3. The lowest BCUT2D eigenvalue weighted by molar-refractivity contribution is -0.137. The first-order chi connectivity index (χ1) is 6.95. The highest BCUT2D eigenvalue weighted by Crippen LogP contribution is 2.36. The molecule has 1 aromatic carbocycles. The summed E-state index contributed by atoms with van der Waals surface area (Å²) in [6.07, 6.45) is -4.39. The summed E-state index contributed by atoms with van der Waals surface area (Å²) in [5.74, 6) is 0.721. The molecule has 0 saturated carbocycles. The second-order valence-corrected chi connectivity index (χ2v) is 5.05. The van der Waals surface area contributed by atoms with Gasteiger partial charge < -0.3 is 0 Å². The molecule has 1 rings (SSSR count). The fourth-order valence-corrected chi connectivity index (χ4v) is 2.36. The van der Waals surface area contributed by atoms with Crippen molar-refractivity contribution in [2.45, 2.75) is 11.1 Å². The molecule has 0 aromatic heterocycles. The van der Waals surface area contributed by atoms with Crippen LogP contribution in [0.25, 0.3) is 0 Å². The lowest BCUT2D eigenvalue weighted by atomic mass is 10.2. The van der Waals surface area contributed by atoms with Crippen LogP contribution in [-0.4, -0.2) is 11.1 Å². The van der Waals surface area contributed by atoms with E-state index in [0.29, 0.717) is 4.90 Å². The van der Waals surface area contributed by atoms with E-state index in [4.69, 9.17) is 11.6 Å². The van der Waals surface area contributed by atoms with Crippen molar-refractivity contribution in [3.05, 3.63) is 28.8 Å². The first-order valence-electron chi connectivity index (χ1n) is 4.00. The molecule has 0 aliphatic heterocycles. The Labute approximate surface area is 103 Å². The van der Waals surface area contributed by atoms with Gasteiger partial charge in [0, 0.05) is 16.0 Å². The maximum absolute atomic E-state index is 12.4. The molecular formula is C9H7BrClF3S. The van der Waals surface area contributed by atoms with Crippen LogP contribution in [0.3, 0.4) is 0 Å². The number of benzene rings is 1. The molecule has 6 heteroatoms. The molecule has 15 heavy (non-hydrogen) atoms. The summed E-state index contributed by atoms with van der Waals surface area (Å²) in [5, 5.41) is 0.479. The van der Waals surface area contributed by atoms with Gasteiger partial charge in [-0.3, -0.25) is 0 Å². The number of thioether (sulfide) groups is 1. The maximum Gasteiger partial charge on any atom is 0.417 e. The summed E-state index contributed by atoms with van der Waals surface area (Å²) in [5.41, 5.74) is -0.774. The molecule has 0 spiro atoms. The molecule has 0 heterocycles. The number of hydrogen-bond donors (Lipinski definition) is 0. The lowest BCUT2D eigenvalue weighted by Gasteiger charge is -2.10. The van der Waals surface area contributed by atoms with Gasteiger partial charge in [-0.05, 0) is 18.2 Å². The van der Waals surface area contributed by atoms with Gasteiger partial charge in [-0.25, -0.2) is 0 Å².